The number of ether oxygens (including phenoxy) is 1. The van der Waals surface area contributed by atoms with Gasteiger partial charge in [0.1, 0.15) is 0 Å². The third kappa shape index (κ3) is 4.80. The molecule has 1 aromatic rings. The molecule has 1 atom stereocenters. The van der Waals surface area contributed by atoms with Gasteiger partial charge >= 0.3 is 6.01 Å². The number of rotatable bonds is 8. The highest BCUT2D eigenvalue weighted by Gasteiger charge is 2.22. The average Bonchev–Trinajstić information content (AvgIpc) is 2.38. The SMILES string of the molecule is CCNc1nc(NC(C)(CC)CO)nc(OC(C)C)n1. The lowest BCUT2D eigenvalue weighted by atomic mass is 10.0. The van der Waals surface area contributed by atoms with Gasteiger partial charge in [-0.3, -0.25) is 0 Å². The molecule has 20 heavy (non-hydrogen) atoms. The molecule has 0 aliphatic rings. The molecule has 0 saturated carbocycles. The first-order valence-electron chi connectivity index (χ1n) is 6.98. The van der Waals surface area contributed by atoms with Crippen LogP contribution in [0.15, 0.2) is 0 Å². The summed E-state index contributed by atoms with van der Waals surface area (Å²) in [6, 6.07) is 0.268. The maximum atomic E-state index is 9.45. The van der Waals surface area contributed by atoms with E-state index in [4.69, 9.17) is 4.74 Å². The van der Waals surface area contributed by atoms with Crippen molar-refractivity contribution in [3.63, 3.8) is 0 Å². The Hall–Kier alpha value is -1.63. The summed E-state index contributed by atoms with van der Waals surface area (Å²) in [4.78, 5) is 12.7. The molecule has 1 heterocycles. The lowest BCUT2D eigenvalue weighted by molar-refractivity contribution is 0.214. The maximum Gasteiger partial charge on any atom is 0.323 e. The van der Waals surface area contributed by atoms with E-state index < -0.39 is 5.54 Å². The van der Waals surface area contributed by atoms with Crippen LogP contribution in [0.1, 0.15) is 41.0 Å². The monoisotopic (exact) mass is 283 g/mol. The van der Waals surface area contributed by atoms with Crippen LogP contribution in [0.4, 0.5) is 11.9 Å². The molecule has 1 aromatic heterocycles. The summed E-state index contributed by atoms with van der Waals surface area (Å²) in [7, 11) is 0. The van der Waals surface area contributed by atoms with Crippen molar-refractivity contribution in [2.45, 2.75) is 52.7 Å². The van der Waals surface area contributed by atoms with Gasteiger partial charge in [-0.15, -0.1) is 0 Å². The van der Waals surface area contributed by atoms with E-state index in [1.807, 2.05) is 34.6 Å². The first kappa shape index (κ1) is 16.4. The van der Waals surface area contributed by atoms with Gasteiger partial charge in [0.2, 0.25) is 11.9 Å². The van der Waals surface area contributed by atoms with E-state index in [9.17, 15) is 5.11 Å². The number of anilines is 2. The highest BCUT2D eigenvalue weighted by atomic mass is 16.5. The summed E-state index contributed by atoms with van der Waals surface area (Å²) in [5.41, 5.74) is -0.472. The molecule has 7 heteroatoms. The summed E-state index contributed by atoms with van der Waals surface area (Å²) < 4.78 is 5.52. The molecule has 1 rings (SSSR count). The largest absolute Gasteiger partial charge is 0.461 e. The summed E-state index contributed by atoms with van der Waals surface area (Å²) in [5, 5.41) is 15.6. The molecular weight excluding hydrogens is 258 g/mol. The zero-order valence-electron chi connectivity index (χ0n) is 12.9. The molecule has 0 aliphatic carbocycles. The van der Waals surface area contributed by atoms with E-state index in [2.05, 4.69) is 25.6 Å². The number of nitrogens with zero attached hydrogens (tertiary/aromatic N) is 3. The molecule has 0 bridgehead atoms. The van der Waals surface area contributed by atoms with Gasteiger partial charge < -0.3 is 20.5 Å². The normalized spacial score (nSPS) is 13.9. The van der Waals surface area contributed by atoms with E-state index in [1.165, 1.54) is 0 Å². The Labute approximate surface area is 120 Å². The van der Waals surface area contributed by atoms with Crippen LogP contribution in [0.25, 0.3) is 0 Å². The molecule has 0 saturated heterocycles. The Balaban J connectivity index is 3.01. The summed E-state index contributed by atoms with van der Waals surface area (Å²) in [5.74, 6) is 0.849. The quantitative estimate of drug-likeness (QED) is 0.668. The predicted molar refractivity (Wildman–Crippen MR) is 79.2 cm³/mol. The smallest absolute Gasteiger partial charge is 0.323 e. The number of nitrogens with one attached hydrogen (secondary N) is 2. The highest BCUT2D eigenvalue weighted by Crippen LogP contribution is 2.18. The first-order valence-corrected chi connectivity index (χ1v) is 6.98. The van der Waals surface area contributed by atoms with Crippen LogP contribution in [0.3, 0.4) is 0 Å². The van der Waals surface area contributed by atoms with E-state index >= 15 is 0 Å². The molecule has 0 amide bonds. The van der Waals surface area contributed by atoms with Crippen molar-refractivity contribution in [3.05, 3.63) is 0 Å². The van der Waals surface area contributed by atoms with Crippen LogP contribution in [-0.4, -0.2) is 44.9 Å². The zero-order chi connectivity index (χ0) is 15.2. The van der Waals surface area contributed by atoms with Crippen molar-refractivity contribution in [1.29, 1.82) is 0 Å². The van der Waals surface area contributed by atoms with Gasteiger partial charge in [-0.05, 0) is 34.1 Å². The number of aliphatic hydroxyl groups is 1. The van der Waals surface area contributed by atoms with Gasteiger partial charge in [0, 0.05) is 6.54 Å². The summed E-state index contributed by atoms with van der Waals surface area (Å²) in [6.45, 7) is 10.4. The topological polar surface area (TPSA) is 92.2 Å². The molecule has 0 spiro atoms. The fourth-order valence-corrected chi connectivity index (χ4v) is 1.42. The van der Waals surface area contributed by atoms with E-state index in [0.717, 1.165) is 6.42 Å². The lowest BCUT2D eigenvalue weighted by Crippen LogP contribution is -2.38. The van der Waals surface area contributed by atoms with Crippen LogP contribution in [0.2, 0.25) is 0 Å². The Morgan fingerprint density at radius 2 is 1.85 bits per heavy atom. The maximum absolute atomic E-state index is 9.45. The van der Waals surface area contributed by atoms with Gasteiger partial charge in [-0.25, -0.2) is 0 Å². The van der Waals surface area contributed by atoms with Gasteiger partial charge in [-0.2, -0.15) is 15.0 Å². The number of hydrogen-bond donors (Lipinski definition) is 3. The highest BCUT2D eigenvalue weighted by molar-refractivity contribution is 5.37. The Kier molecular flexibility index (Phi) is 5.94. The van der Waals surface area contributed by atoms with Gasteiger partial charge in [0.15, 0.2) is 0 Å². The fourth-order valence-electron chi connectivity index (χ4n) is 1.42. The van der Waals surface area contributed by atoms with E-state index in [0.29, 0.717) is 18.4 Å². The minimum absolute atomic E-state index is 0.00784. The Bertz CT molecular complexity index is 421. The number of aromatic nitrogens is 3. The standard InChI is InChI=1S/C13H25N5O2/c1-6-13(5,8-19)18-11-15-10(14-7-2)16-12(17-11)20-9(3)4/h9,19H,6-8H2,1-5H3,(H2,14,15,16,17,18). The minimum Gasteiger partial charge on any atom is -0.461 e. The van der Waals surface area contributed by atoms with Crippen LogP contribution >= 0.6 is 0 Å². The zero-order valence-corrected chi connectivity index (χ0v) is 12.9. The van der Waals surface area contributed by atoms with Crippen molar-refractivity contribution < 1.29 is 9.84 Å². The van der Waals surface area contributed by atoms with Crippen molar-refractivity contribution >= 4 is 11.9 Å². The molecule has 0 aromatic carbocycles. The van der Waals surface area contributed by atoms with E-state index in [1.54, 1.807) is 0 Å². The second kappa shape index (κ2) is 7.23. The first-order chi connectivity index (χ1) is 9.42. The van der Waals surface area contributed by atoms with Gasteiger partial charge in [0.25, 0.3) is 0 Å². The molecule has 0 fully saturated rings. The predicted octanol–water partition coefficient (Wildman–Crippen LogP) is 1.66. The third-order valence-corrected chi connectivity index (χ3v) is 2.83. The summed E-state index contributed by atoms with van der Waals surface area (Å²) in [6.07, 6.45) is 0.724. The Morgan fingerprint density at radius 3 is 2.35 bits per heavy atom. The molecule has 0 radical (unpaired) electrons. The van der Waals surface area contributed by atoms with Crippen LogP contribution in [0.5, 0.6) is 6.01 Å². The molecule has 7 nitrogen and oxygen atoms in total. The minimum atomic E-state index is -0.472. The van der Waals surface area contributed by atoms with Crippen LogP contribution < -0.4 is 15.4 Å². The average molecular weight is 283 g/mol. The van der Waals surface area contributed by atoms with Crippen molar-refractivity contribution in [1.82, 2.24) is 15.0 Å². The van der Waals surface area contributed by atoms with Gasteiger partial charge in [0.05, 0.1) is 18.2 Å². The molecule has 0 aliphatic heterocycles. The van der Waals surface area contributed by atoms with Crippen molar-refractivity contribution in [2.24, 2.45) is 0 Å². The summed E-state index contributed by atoms with van der Waals surface area (Å²) >= 11 is 0. The second-order valence-electron chi connectivity index (χ2n) is 5.16. The number of aliphatic hydroxyl groups excluding tert-OH is 1. The fraction of sp³-hybridized carbons (Fsp3) is 0.769. The molecule has 3 N–H and O–H groups in total. The lowest BCUT2D eigenvalue weighted by Gasteiger charge is -2.27. The van der Waals surface area contributed by atoms with Crippen molar-refractivity contribution in [2.75, 3.05) is 23.8 Å². The molecule has 1 unspecified atom stereocenters. The van der Waals surface area contributed by atoms with Crippen molar-refractivity contribution in [3.8, 4) is 6.01 Å². The number of hydrogen-bond acceptors (Lipinski definition) is 7. The Morgan fingerprint density at radius 1 is 1.20 bits per heavy atom. The third-order valence-electron chi connectivity index (χ3n) is 2.83. The molecular formula is C13H25N5O2. The van der Waals surface area contributed by atoms with E-state index in [-0.39, 0.29) is 18.7 Å². The second-order valence-corrected chi connectivity index (χ2v) is 5.16. The van der Waals surface area contributed by atoms with Crippen LogP contribution in [-0.2, 0) is 0 Å². The van der Waals surface area contributed by atoms with Crippen LogP contribution in [0, 0.1) is 0 Å². The van der Waals surface area contributed by atoms with Gasteiger partial charge in [-0.1, -0.05) is 6.92 Å². The molecule has 114 valence electrons.